The molecule has 0 unspecified atom stereocenters. The average molecular weight is 240 g/mol. The second-order valence-electron chi connectivity index (χ2n) is 4.65. The van der Waals surface area contributed by atoms with Crippen molar-refractivity contribution in [3.8, 4) is 0 Å². The van der Waals surface area contributed by atoms with Crippen LogP contribution in [-0.2, 0) is 4.79 Å². The zero-order valence-corrected chi connectivity index (χ0v) is 10.7. The molecular weight excluding hydrogens is 216 g/mol. The van der Waals surface area contributed by atoms with Crippen molar-refractivity contribution < 1.29 is 9.90 Å². The molecule has 1 rings (SSSR count). The third-order valence-electron chi connectivity index (χ3n) is 3.70. The number of aliphatic hydroxyl groups is 1. The molecule has 1 heterocycles. The maximum Gasteiger partial charge on any atom is 0.229 e. The Labute approximate surface area is 104 Å². The number of hydrogen-bond donors (Lipinski definition) is 2. The topological polar surface area (TPSA) is 52.6 Å². The first-order valence-corrected chi connectivity index (χ1v) is 6.42. The summed E-state index contributed by atoms with van der Waals surface area (Å²) in [5.74, 6) is 0.176. The SMILES string of the molecule is C=CCN(CCO)C(=O)C1(CC)CCNCC1. The standard InChI is InChI=1S/C13H24N2O2/c1-3-9-15(10-11-16)12(17)13(4-2)5-7-14-8-6-13/h3,14,16H,1,4-11H2,2H3. The lowest BCUT2D eigenvalue weighted by atomic mass is 9.75. The Hall–Kier alpha value is -0.870. The molecule has 0 atom stereocenters. The van der Waals surface area contributed by atoms with Gasteiger partial charge < -0.3 is 15.3 Å². The Morgan fingerprint density at radius 1 is 1.53 bits per heavy atom. The summed E-state index contributed by atoms with van der Waals surface area (Å²) >= 11 is 0. The smallest absolute Gasteiger partial charge is 0.229 e. The van der Waals surface area contributed by atoms with Crippen LogP contribution in [0.5, 0.6) is 0 Å². The number of nitrogens with one attached hydrogen (secondary N) is 1. The minimum absolute atomic E-state index is 0.0115. The van der Waals surface area contributed by atoms with Crippen molar-refractivity contribution in [2.75, 3.05) is 32.8 Å². The zero-order valence-electron chi connectivity index (χ0n) is 10.7. The van der Waals surface area contributed by atoms with Crippen molar-refractivity contribution >= 4 is 5.91 Å². The summed E-state index contributed by atoms with van der Waals surface area (Å²) in [6.07, 6.45) is 4.37. The Balaban J connectivity index is 2.77. The lowest BCUT2D eigenvalue weighted by Gasteiger charge is -2.39. The van der Waals surface area contributed by atoms with Gasteiger partial charge in [0, 0.05) is 13.1 Å². The molecule has 0 aliphatic carbocycles. The highest BCUT2D eigenvalue weighted by molar-refractivity contribution is 5.83. The number of rotatable bonds is 6. The number of amides is 1. The number of carbonyl (C=O) groups is 1. The highest BCUT2D eigenvalue weighted by atomic mass is 16.3. The van der Waals surface area contributed by atoms with Gasteiger partial charge in [0.15, 0.2) is 0 Å². The van der Waals surface area contributed by atoms with Gasteiger partial charge in [0.05, 0.1) is 12.0 Å². The molecule has 0 aromatic carbocycles. The van der Waals surface area contributed by atoms with Gasteiger partial charge in [0.1, 0.15) is 0 Å². The number of hydrogen-bond acceptors (Lipinski definition) is 3. The van der Waals surface area contributed by atoms with Gasteiger partial charge in [-0.1, -0.05) is 13.0 Å². The molecule has 4 nitrogen and oxygen atoms in total. The maximum atomic E-state index is 12.6. The Morgan fingerprint density at radius 2 is 2.18 bits per heavy atom. The molecule has 4 heteroatoms. The molecule has 1 aliphatic heterocycles. The first-order chi connectivity index (χ1) is 8.20. The van der Waals surface area contributed by atoms with E-state index in [2.05, 4.69) is 18.8 Å². The molecule has 0 aromatic heterocycles. The van der Waals surface area contributed by atoms with Gasteiger partial charge in [-0.3, -0.25) is 4.79 Å². The lowest BCUT2D eigenvalue weighted by Crippen LogP contribution is -2.49. The summed E-state index contributed by atoms with van der Waals surface area (Å²) in [5.41, 5.74) is -0.233. The van der Waals surface area contributed by atoms with E-state index >= 15 is 0 Å². The third-order valence-corrected chi connectivity index (χ3v) is 3.70. The van der Waals surface area contributed by atoms with E-state index in [9.17, 15) is 4.79 Å². The van der Waals surface area contributed by atoms with Gasteiger partial charge in [0.2, 0.25) is 5.91 Å². The summed E-state index contributed by atoms with van der Waals surface area (Å²) < 4.78 is 0. The minimum Gasteiger partial charge on any atom is -0.395 e. The molecule has 98 valence electrons. The van der Waals surface area contributed by atoms with E-state index in [1.165, 1.54) is 0 Å². The molecule has 1 aliphatic rings. The first kappa shape index (κ1) is 14.2. The van der Waals surface area contributed by atoms with Crippen LogP contribution in [0.25, 0.3) is 0 Å². The molecule has 1 amide bonds. The molecule has 0 spiro atoms. The van der Waals surface area contributed by atoms with Crippen molar-refractivity contribution in [1.29, 1.82) is 0 Å². The first-order valence-electron chi connectivity index (χ1n) is 6.42. The molecule has 0 aromatic rings. The van der Waals surface area contributed by atoms with Crippen LogP contribution in [0.2, 0.25) is 0 Å². The second-order valence-corrected chi connectivity index (χ2v) is 4.65. The quantitative estimate of drug-likeness (QED) is 0.674. The van der Waals surface area contributed by atoms with Gasteiger partial charge in [-0.05, 0) is 32.4 Å². The van der Waals surface area contributed by atoms with Gasteiger partial charge in [-0.25, -0.2) is 0 Å². The normalized spacial score (nSPS) is 18.7. The van der Waals surface area contributed by atoms with Crippen molar-refractivity contribution in [1.82, 2.24) is 10.2 Å². The summed E-state index contributed by atoms with van der Waals surface area (Å²) in [6, 6.07) is 0. The third kappa shape index (κ3) is 3.30. The number of aliphatic hydroxyl groups excluding tert-OH is 1. The molecular formula is C13H24N2O2. The summed E-state index contributed by atoms with van der Waals surface area (Å²) in [5, 5.41) is 12.3. The van der Waals surface area contributed by atoms with E-state index in [4.69, 9.17) is 5.11 Å². The van der Waals surface area contributed by atoms with Gasteiger partial charge in [0.25, 0.3) is 0 Å². The van der Waals surface area contributed by atoms with E-state index < -0.39 is 0 Å². The van der Waals surface area contributed by atoms with Gasteiger partial charge in [-0.15, -0.1) is 6.58 Å². The number of piperidine rings is 1. The van der Waals surface area contributed by atoms with Gasteiger partial charge in [-0.2, -0.15) is 0 Å². The zero-order chi connectivity index (χ0) is 12.7. The van der Waals surface area contributed by atoms with Crippen LogP contribution in [0.3, 0.4) is 0 Å². The molecule has 1 saturated heterocycles. The Morgan fingerprint density at radius 3 is 2.65 bits per heavy atom. The maximum absolute atomic E-state index is 12.6. The summed E-state index contributed by atoms with van der Waals surface area (Å²) in [4.78, 5) is 14.3. The molecule has 0 bridgehead atoms. The van der Waals surface area contributed by atoms with Gasteiger partial charge >= 0.3 is 0 Å². The van der Waals surface area contributed by atoms with E-state index in [1.54, 1.807) is 11.0 Å². The van der Waals surface area contributed by atoms with Crippen LogP contribution in [0, 0.1) is 5.41 Å². The molecule has 17 heavy (non-hydrogen) atoms. The number of nitrogens with zero attached hydrogens (tertiary/aromatic N) is 1. The lowest BCUT2D eigenvalue weighted by molar-refractivity contribution is -0.144. The monoisotopic (exact) mass is 240 g/mol. The predicted molar refractivity (Wildman–Crippen MR) is 68.7 cm³/mol. The average Bonchev–Trinajstić information content (AvgIpc) is 2.38. The van der Waals surface area contributed by atoms with Crippen LogP contribution in [-0.4, -0.2) is 48.7 Å². The Bertz CT molecular complexity index is 260. The van der Waals surface area contributed by atoms with Crippen molar-refractivity contribution in [3.05, 3.63) is 12.7 Å². The van der Waals surface area contributed by atoms with E-state index in [1.807, 2.05) is 0 Å². The van der Waals surface area contributed by atoms with Crippen molar-refractivity contribution in [2.24, 2.45) is 5.41 Å². The number of carbonyl (C=O) groups excluding carboxylic acids is 1. The highest BCUT2D eigenvalue weighted by Gasteiger charge is 2.39. The fourth-order valence-corrected chi connectivity index (χ4v) is 2.51. The summed E-state index contributed by atoms with van der Waals surface area (Å²) in [7, 11) is 0. The van der Waals surface area contributed by atoms with Crippen LogP contribution in [0.15, 0.2) is 12.7 Å². The summed E-state index contributed by atoms with van der Waals surface area (Å²) in [6.45, 7) is 8.49. The Kier molecular flexibility index (Phi) is 5.65. The van der Waals surface area contributed by atoms with Crippen LogP contribution < -0.4 is 5.32 Å². The minimum atomic E-state index is -0.233. The second kappa shape index (κ2) is 6.77. The molecule has 1 fully saturated rings. The highest BCUT2D eigenvalue weighted by Crippen LogP contribution is 2.34. The van der Waals surface area contributed by atoms with Crippen LogP contribution >= 0.6 is 0 Å². The molecule has 0 radical (unpaired) electrons. The molecule has 0 saturated carbocycles. The molecule has 2 N–H and O–H groups in total. The largest absolute Gasteiger partial charge is 0.395 e. The van der Waals surface area contributed by atoms with Crippen LogP contribution in [0.1, 0.15) is 26.2 Å². The fourth-order valence-electron chi connectivity index (χ4n) is 2.51. The van der Waals surface area contributed by atoms with Crippen molar-refractivity contribution in [3.63, 3.8) is 0 Å². The van der Waals surface area contributed by atoms with E-state index in [0.717, 1.165) is 32.4 Å². The fraction of sp³-hybridized carbons (Fsp3) is 0.769. The van der Waals surface area contributed by atoms with Crippen molar-refractivity contribution in [2.45, 2.75) is 26.2 Å². The van der Waals surface area contributed by atoms with E-state index in [0.29, 0.717) is 13.1 Å². The predicted octanol–water partition coefficient (Wildman–Crippen LogP) is 0.773. The van der Waals surface area contributed by atoms with Crippen LogP contribution in [0.4, 0.5) is 0 Å². The van der Waals surface area contributed by atoms with E-state index in [-0.39, 0.29) is 17.9 Å².